The summed E-state index contributed by atoms with van der Waals surface area (Å²) >= 11 is 0. The molecular formula is C21H42N6O4S. The first-order valence-corrected chi connectivity index (χ1v) is 13.6. The van der Waals surface area contributed by atoms with Gasteiger partial charge >= 0.3 is 0 Å². The second-order valence-corrected chi connectivity index (χ2v) is 12.2. The van der Waals surface area contributed by atoms with Crippen LogP contribution in [0.5, 0.6) is 0 Å². The minimum Gasteiger partial charge on any atom is -0.382 e. The second-order valence-electron chi connectivity index (χ2n) is 10.2. The number of hydrogen-bond acceptors (Lipinski definition) is 9. The Hall–Kier alpha value is -0.370. The van der Waals surface area contributed by atoms with Gasteiger partial charge in [-0.3, -0.25) is 10.9 Å². The van der Waals surface area contributed by atoms with E-state index in [1.54, 1.807) is 14.2 Å². The third kappa shape index (κ3) is 5.01. The number of piperidine rings is 1. The Balaban J connectivity index is 1.36. The average molecular weight is 475 g/mol. The normalized spacial score (nSPS) is 39.1. The molecule has 4 rings (SSSR count). The third-order valence-corrected chi connectivity index (χ3v) is 10.1. The molecule has 186 valence electrons. The van der Waals surface area contributed by atoms with Crippen molar-refractivity contribution in [3.8, 4) is 0 Å². The van der Waals surface area contributed by atoms with E-state index in [1.807, 2.05) is 7.05 Å². The molecular weight excluding hydrogens is 432 g/mol. The van der Waals surface area contributed by atoms with E-state index in [0.29, 0.717) is 31.5 Å². The number of hydrogen-bond donors (Lipinski definition) is 4. The van der Waals surface area contributed by atoms with Crippen molar-refractivity contribution in [2.45, 2.75) is 68.1 Å². The summed E-state index contributed by atoms with van der Waals surface area (Å²) in [5.41, 5.74) is 6.38. The molecule has 1 saturated carbocycles. The SMILES string of the molecule is COC[C@@](C)(OC)C1CCNC(N2CC(S(=O)(=O)NC3CCCC4CNN(C)C43)CN2)C1. The average Bonchev–Trinajstić information content (AvgIpc) is 3.42. The first-order valence-electron chi connectivity index (χ1n) is 12.0. The molecule has 0 aromatic rings. The number of methoxy groups -OCH3 is 2. The van der Waals surface area contributed by atoms with Crippen LogP contribution in [-0.2, 0) is 19.5 Å². The van der Waals surface area contributed by atoms with Gasteiger partial charge in [0.05, 0.1) is 18.4 Å². The molecule has 10 nitrogen and oxygen atoms in total. The quantitative estimate of drug-likeness (QED) is 0.369. The van der Waals surface area contributed by atoms with Crippen molar-refractivity contribution in [1.29, 1.82) is 0 Å². The number of likely N-dealkylation sites (N-methyl/N-ethyl adjacent to an activating group) is 1. The predicted octanol–water partition coefficient (Wildman–Crippen LogP) is -0.541. The lowest BCUT2D eigenvalue weighted by Gasteiger charge is -2.43. The van der Waals surface area contributed by atoms with E-state index >= 15 is 0 Å². The van der Waals surface area contributed by atoms with Gasteiger partial charge < -0.3 is 14.8 Å². The monoisotopic (exact) mass is 474 g/mol. The maximum absolute atomic E-state index is 13.3. The first-order chi connectivity index (χ1) is 15.3. The van der Waals surface area contributed by atoms with Crippen LogP contribution in [0.25, 0.3) is 0 Å². The fraction of sp³-hybridized carbons (Fsp3) is 1.00. The summed E-state index contributed by atoms with van der Waals surface area (Å²) in [4.78, 5) is 0. The van der Waals surface area contributed by atoms with Crippen molar-refractivity contribution in [2.24, 2.45) is 11.8 Å². The summed E-state index contributed by atoms with van der Waals surface area (Å²) in [6.07, 6.45) is 5.10. The Morgan fingerprint density at radius 3 is 2.72 bits per heavy atom. The van der Waals surface area contributed by atoms with Crippen LogP contribution in [0.3, 0.4) is 0 Å². The van der Waals surface area contributed by atoms with Gasteiger partial charge in [0, 0.05) is 53.0 Å². The van der Waals surface area contributed by atoms with Gasteiger partial charge in [-0.15, -0.1) is 0 Å². The van der Waals surface area contributed by atoms with E-state index in [0.717, 1.165) is 45.2 Å². The van der Waals surface area contributed by atoms with Crippen molar-refractivity contribution in [1.82, 2.24) is 30.9 Å². The van der Waals surface area contributed by atoms with Crippen LogP contribution in [-0.4, -0.2) is 102 Å². The lowest BCUT2D eigenvalue weighted by atomic mass is 9.81. The lowest BCUT2D eigenvalue weighted by Crippen LogP contribution is -2.57. The molecule has 1 aliphatic carbocycles. The molecule has 3 saturated heterocycles. The lowest BCUT2D eigenvalue weighted by molar-refractivity contribution is -0.107. The van der Waals surface area contributed by atoms with Gasteiger partial charge in [-0.25, -0.2) is 23.2 Å². The molecule has 4 fully saturated rings. The predicted molar refractivity (Wildman–Crippen MR) is 123 cm³/mol. The van der Waals surface area contributed by atoms with Gasteiger partial charge in [-0.05, 0) is 51.0 Å². The molecule has 4 N–H and O–H groups in total. The van der Waals surface area contributed by atoms with E-state index in [4.69, 9.17) is 9.47 Å². The topological polar surface area (TPSA) is 107 Å². The molecule has 32 heavy (non-hydrogen) atoms. The maximum Gasteiger partial charge on any atom is 0.217 e. The fourth-order valence-corrected chi connectivity index (χ4v) is 7.73. The standard InChI is InChI=1S/C21H42N6O4S/c1-21(31-4,14-30-3)16-8-9-22-19(10-16)27-13-17(12-24-27)32(28,29)25-18-7-5-6-15-11-23-26(2)20(15)18/h15-20,22-25H,5-14H2,1-4H3/t15?,16?,17?,18?,19?,20?,21-/m1/s1. The molecule has 0 aromatic carbocycles. The van der Waals surface area contributed by atoms with E-state index in [2.05, 4.69) is 37.8 Å². The van der Waals surface area contributed by atoms with Crippen LogP contribution >= 0.6 is 0 Å². The summed E-state index contributed by atoms with van der Waals surface area (Å²) in [5.74, 6) is 0.851. The van der Waals surface area contributed by atoms with Crippen LogP contribution in [0, 0.1) is 11.8 Å². The van der Waals surface area contributed by atoms with Crippen LogP contribution < -0.4 is 20.9 Å². The zero-order valence-corrected chi connectivity index (χ0v) is 20.8. The van der Waals surface area contributed by atoms with Crippen LogP contribution in [0.4, 0.5) is 0 Å². The summed E-state index contributed by atoms with van der Waals surface area (Å²) in [6.45, 7) is 5.37. The highest BCUT2D eigenvalue weighted by molar-refractivity contribution is 7.90. The molecule has 0 spiro atoms. The molecule has 0 amide bonds. The van der Waals surface area contributed by atoms with Crippen molar-refractivity contribution >= 4 is 10.0 Å². The Kier molecular flexibility index (Phi) is 7.80. The Morgan fingerprint density at radius 1 is 1.16 bits per heavy atom. The number of hydrazine groups is 2. The van der Waals surface area contributed by atoms with Gasteiger partial charge in [0.1, 0.15) is 5.25 Å². The van der Waals surface area contributed by atoms with E-state index in [-0.39, 0.29) is 23.9 Å². The molecule has 3 heterocycles. The summed E-state index contributed by atoms with van der Waals surface area (Å²) < 4.78 is 40.9. The third-order valence-electron chi connectivity index (χ3n) is 8.23. The molecule has 0 aromatic heterocycles. The van der Waals surface area contributed by atoms with Crippen molar-refractivity contribution in [3.63, 3.8) is 0 Å². The van der Waals surface area contributed by atoms with Crippen LogP contribution in [0.2, 0.25) is 0 Å². The summed E-state index contributed by atoms with van der Waals surface area (Å²) in [5, 5.41) is 7.28. The minimum atomic E-state index is -3.43. The van der Waals surface area contributed by atoms with E-state index < -0.39 is 15.3 Å². The molecule has 6 unspecified atom stereocenters. The molecule has 7 atom stereocenters. The number of rotatable bonds is 8. The number of nitrogens with one attached hydrogen (secondary N) is 4. The highest BCUT2D eigenvalue weighted by Crippen LogP contribution is 2.33. The molecule has 11 heteroatoms. The zero-order chi connectivity index (χ0) is 22.9. The first kappa shape index (κ1) is 24.7. The van der Waals surface area contributed by atoms with Crippen molar-refractivity contribution < 1.29 is 17.9 Å². The van der Waals surface area contributed by atoms with Crippen molar-refractivity contribution in [3.05, 3.63) is 0 Å². The van der Waals surface area contributed by atoms with Crippen molar-refractivity contribution in [2.75, 3.05) is 54.1 Å². The number of ether oxygens (including phenoxy) is 2. The number of fused-ring (bicyclic) bond motifs is 1. The molecule has 0 radical (unpaired) electrons. The largest absolute Gasteiger partial charge is 0.382 e. The smallest absolute Gasteiger partial charge is 0.217 e. The van der Waals surface area contributed by atoms with Crippen LogP contribution in [0.1, 0.15) is 39.0 Å². The number of sulfonamides is 1. The highest BCUT2D eigenvalue weighted by Gasteiger charge is 2.45. The van der Waals surface area contributed by atoms with E-state index in [1.165, 1.54) is 0 Å². The maximum atomic E-state index is 13.3. The van der Waals surface area contributed by atoms with Gasteiger partial charge in [-0.2, -0.15) is 0 Å². The Bertz CT molecular complexity index is 740. The van der Waals surface area contributed by atoms with Gasteiger partial charge in [0.15, 0.2) is 0 Å². The molecule has 3 aliphatic heterocycles. The number of nitrogens with zero attached hydrogens (tertiary/aromatic N) is 2. The fourth-order valence-electron chi connectivity index (χ4n) is 6.21. The van der Waals surface area contributed by atoms with Gasteiger partial charge in [0.2, 0.25) is 10.0 Å². The molecule has 4 aliphatic rings. The van der Waals surface area contributed by atoms with Crippen LogP contribution in [0.15, 0.2) is 0 Å². The summed E-state index contributed by atoms with van der Waals surface area (Å²) in [6, 6.07) is 0.207. The van der Waals surface area contributed by atoms with E-state index in [9.17, 15) is 8.42 Å². The Labute approximate surface area is 193 Å². The van der Waals surface area contributed by atoms with Gasteiger partial charge in [0.25, 0.3) is 0 Å². The van der Waals surface area contributed by atoms with Gasteiger partial charge in [-0.1, -0.05) is 6.42 Å². The zero-order valence-electron chi connectivity index (χ0n) is 20.0. The Morgan fingerprint density at radius 2 is 1.97 bits per heavy atom. The summed E-state index contributed by atoms with van der Waals surface area (Å²) in [7, 11) is 2.04. The highest BCUT2D eigenvalue weighted by atomic mass is 32.2. The molecule has 0 bridgehead atoms. The second kappa shape index (κ2) is 10.1. The minimum absolute atomic E-state index is 0.0264.